The minimum absolute atomic E-state index is 0.160. The molecule has 0 heterocycles. The number of carboxylic acid groups (broad SMARTS) is 1. The number of likely N-dealkylation sites (N-methyl/N-ethyl adjacent to an activating group) is 1. The number of hydrogen-bond acceptors (Lipinski definition) is 3. The van der Waals surface area contributed by atoms with Gasteiger partial charge in [-0.05, 0) is 12.1 Å². The van der Waals surface area contributed by atoms with Crippen LogP contribution in [0, 0.1) is 5.82 Å². The summed E-state index contributed by atoms with van der Waals surface area (Å²) in [6.07, 6.45) is 0. The standard InChI is InChI=1S/C11H12FNO4/c1-13(2)10(14)6-17-9-5-7(12)3-4-8(9)11(15)16/h3-5H,6H2,1-2H3,(H,15,16). The highest BCUT2D eigenvalue weighted by Gasteiger charge is 2.14. The number of ether oxygens (including phenoxy) is 1. The number of benzene rings is 1. The van der Waals surface area contributed by atoms with Crippen molar-refractivity contribution in [3.05, 3.63) is 29.6 Å². The van der Waals surface area contributed by atoms with Gasteiger partial charge >= 0.3 is 5.97 Å². The quantitative estimate of drug-likeness (QED) is 0.853. The number of hydrogen-bond donors (Lipinski definition) is 1. The lowest BCUT2D eigenvalue weighted by molar-refractivity contribution is -0.130. The van der Waals surface area contributed by atoms with Crippen LogP contribution < -0.4 is 4.74 Å². The highest BCUT2D eigenvalue weighted by atomic mass is 19.1. The molecule has 6 heteroatoms. The normalized spacial score (nSPS) is 9.82. The van der Waals surface area contributed by atoms with Crippen LogP contribution in [0.15, 0.2) is 18.2 Å². The zero-order chi connectivity index (χ0) is 13.0. The van der Waals surface area contributed by atoms with E-state index in [-0.39, 0.29) is 23.8 Å². The molecular formula is C11H12FNO4. The van der Waals surface area contributed by atoms with Crippen molar-refractivity contribution in [1.29, 1.82) is 0 Å². The Morgan fingerprint density at radius 3 is 2.59 bits per heavy atom. The first-order chi connectivity index (χ1) is 7.91. The van der Waals surface area contributed by atoms with Crippen LogP contribution in [0.5, 0.6) is 5.75 Å². The Bertz CT molecular complexity index is 445. The molecule has 0 aliphatic carbocycles. The predicted molar refractivity (Wildman–Crippen MR) is 57.5 cm³/mol. The van der Waals surface area contributed by atoms with E-state index in [0.29, 0.717) is 0 Å². The van der Waals surface area contributed by atoms with Gasteiger partial charge in [0.25, 0.3) is 5.91 Å². The van der Waals surface area contributed by atoms with Gasteiger partial charge < -0.3 is 14.7 Å². The van der Waals surface area contributed by atoms with Crippen LogP contribution in [-0.2, 0) is 4.79 Å². The topological polar surface area (TPSA) is 66.8 Å². The minimum atomic E-state index is -1.24. The van der Waals surface area contributed by atoms with Gasteiger partial charge in [-0.3, -0.25) is 4.79 Å². The number of carbonyl (C=O) groups is 2. The number of nitrogens with zero attached hydrogens (tertiary/aromatic N) is 1. The molecule has 1 aromatic rings. The van der Waals surface area contributed by atoms with E-state index >= 15 is 0 Å². The van der Waals surface area contributed by atoms with Crippen molar-refractivity contribution >= 4 is 11.9 Å². The molecule has 0 saturated carbocycles. The van der Waals surface area contributed by atoms with Gasteiger partial charge in [-0.15, -0.1) is 0 Å². The van der Waals surface area contributed by atoms with E-state index in [1.165, 1.54) is 19.0 Å². The molecule has 0 aromatic heterocycles. The van der Waals surface area contributed by atoms with Crippen LogP contribution in [0.1, 0.15) is 10.4 Å². The Morgan fingerprint density at radius 2 is 2.06 bits per heavy atom. The average Bonchev–Trinajstić information content (AvgIpc) is 2.25. The monoisotopic (exact) mass is 241 g/mol. The summed E-state index contributed by atoms with van der Waals surface area (Å²) >= 11 is 0. The van der Waals surface area contributed by atoms with Crippen molar-refractivity contribution in [2.24, 2.45) is 0 Å². The van der Waals surface area contributed by atoms with Crippen molar-refractivity contribution < 1.29 is 23.8 Å². The summed E-state index contributed by atoms with van der Waals surface area (Å²) in [5.74, 6) is -2.36. The molecule has 92 valence electrons. The third-order valence-electron chi connectivity index (χ3n) is 2.02. The molecule has 5 nitrogen and oxygen atoms in total. The Hall–Kier alpha value is -2.11. The van der Waals surface area contributed by atoms with Gasteiger partial charge in [0.15, 0.2) is 6.61 Å². The Morgan fingerprint density at radius 1 is 1.41 bits per heavy atom. The van der Waals surface area contributed by atoms with Crippen LogP contribution in [0.2, 0.25) is 0 Å². The van der Waals surface area contributed by atoms with E-state index in [9.17, 15) is 14.0 Å². The fourth-order valence-corrected chi connectivity index (χ4v) is 1.06. The Kier molecular flexibility index (Phi) is 4.03. The third kappa shape index (κ3) is 3.44. The summed E-state index contributed by atoms with van der Waals surface area (Å²) in [7, 11) is 3.07. The Balaban J connectivity index is 2.86. The summed E-state index contributed by atoms with van der Waals surface area (Å²) in [5, 5.41) is 8.83. The molecule has 1 N–H and O–H groups in total. The van der Waals surface area contributed by atoms with Crippen molar-refractivity contribution in [2.75, 3.05) is 20.7 Å². The summed E-state index contributed by atoms with van der Waals surface area (Å²) in [4.78, 5) is 23.3. The van der Waals surface area contributed by atoms with Crippen LogP contribution >= 0.6 is 0 Å². The second-order valence-corrected chi connectivity index (χ2v) is 3.52. The minimum Gasteiger partial charge on any atom is -0.483 e. The molecule has 0 spiro atoms. The van der Waals surface area contributed by atoms with Gasteiger partial charge in [0.2, 0.25) is 0 Å². The van der Waals surface area contributed by atoms with E-state index in [4.69, 9.17) is 9.84 Å². The van der Waals surface area contributed by atoms with Crippen molar-refractivity contribution in [3.8, 4) is 5.75 Å². The van der Waals surface area contributed by atoms with Crippen molar-refractivity contribution in [3.63, 3.8) is 0 Å². The molecule has 0 bridgehead atoms. The van der Waals surface area contributed by atoms with Gasteiger partial charge in [0.05, 0.1) is 0 Å². The smallest absolute Gasteiger partial charge is 0.339 e. The summed E-state index contributed by atoms with van der Waals surface area (Å²) in [6, 6.07) is 3.05. The third-order valence-corrected chi connectivity index (χ3v) is 2.02. The molecule has 0 unspecified atom stereocenters. The van der Waals surface area contributed by atoms with Gasteiger partial charge in [-0.25, -0.2) is 9.18 Å². The van der Waals surface area contributed by atoms with Crippen LogP contribution in [0.25, 0.3) is 0 Å². The zero-order valence-corrected chi connectivity index (χ0v) is 9.44. The fraction of sp³-hybridized carbons (Fsp3) is 0.273. The average molecular weight is 241 g/mol. The molecule has 17 heavy (non-hydrogen) atoms. The maximum atomic E-state index is 12.9. The van der Waals surface area contributed by atoms with E-state index in [1.807, 2.05) is 0 Å². The zero-order valence-electron chi connectivity index (χ0n) is 9.44. The van der Waals surface area contributed by atoms with Gasteiger partial charge in [0.1, 0.15) is 17.1 Å². The number of rotatable bonds is 4. The Labute approximate surface area is 97.4 Å². The van der Waals surface area contributed by atoms with E-state index < -0.39 is 11.8 Å². The van der Waals surface area contributed by atoms with E-state index in [1.54, 1.807) is 0 Å². The maximum Gasteiger partial charge on any atom is 0.339 e. The number of aromatic carboxylic acids is 1. The molecule has 0 radical (unpaired) electrons. The lowest BCUT2D eigenvalue weighted by Gasteiger charge is -2.12. The molecule has 1 rings (SSSR count). The lowest BCUT2D eigenvalue weighted by Crippen LogP contribution is -2.27. The number of halogens is 1. The molecule has 0 saturated heterocycles. The molecule has 1 aromatic carbocycles. The van der Waals surface area contributed by atoms with E-state index in [0.717, 1.165) is 18.2 Å². The molecular weight excluding hydrogens is 229 g/mol. The summed E-state index contributed by atoms with van der Waals surface area (Å²) < 4.78 is 17.9. The first kappa shape index (κ1) is 13.0. The van der Waals surface area contributed by atoms with Gasteiger partial charge in [-0.2, -0.15) is 0 Å². The molecule has 0 fully saturated rings. The molecule has 0 atom stereocenters. The summed E-state index contributed by atoms with van der Waals surface area (Å²) in [6.45, 7) is -0.337. The molecule has 0 aliphatic heterocycles. The highest BCUT2D eigenvalue weighted by Crippen LogP contribution is 2.19. The number of amides is 1. The number of carboxylic acids is 1. The lowest BCUT2D eigenvalue weighted by atomic mass is 10.2. The fourth-order valence-electron chi connectivity index (χ4n) is 1.06. The van der Waals surface area contributed by atoms with E-state index in [2.05, 4.69) is 0 Å². The van der Waals surface area contributed by atoms with Crippen molar-refractivity contribution in [2.45, 2.75) is 0 Å². The van der Waals surface area contributed by atoms with Gasteiger partial charge in [-0.1, -0.05) is 0 Å². The molecule has 0 aliphatic rings. The van der Waals surface area contributed by atoms with Gasteiger partial charge in [0, 0.05) is 20.2 Å². The predicted octanol–water partition coefficient (Wildman–Crippen LogP) is 0.991. The first-order valence-corrected chi connectivity index (χ1v) is 4.77. The van der Waals surface area contributed by atoms with Crippen LogP contribution in [-0.4, -0.2) is 42.6 Å². The second-order valence-electron chi connectivity index (χ2n) is 3.52. The second kappa shape index (κ2) is 5.29. The SMILES string of the molecule is CN(C)C(=O)COc1cc(F)ccc1C(=O)O. The van der Waals surface area contributed by atoms with Crippen LogP contribution in [0.4, 0.5) is 4.39 Å². The molecule has 1 amide bonds. The largest absolute Gasteiger partial charge is 0.483 e. The first-order valence-electron chi connectivity index (χ1n) is 4.77. The summed E-state index contributed by atoms with van der Waals surface area (Å²) in [5.41, 5.74) is -0.182. The van der Waals surface area contributed by atoms with Crippen molar-refractivity contribution in [1.82, 2.24) is 4.90 Å². The van der Waals surface area contributed by atoms with Crippen LogP contribution in [0.3, 0.4) is 0 Å². The number of carbonyl (C=O) groups excluding carboxylic acids is 1. The maximum absolute atomic E-state index is 12.9. The highest BCUT2D eigenvalue weighted by molar-refractivity contribution is 5.91.